The fourth-order valence-electron chi connectivity index (χ4n) is 3.09. The van der Waals surface area contributed by atoms with Crippen molar-refractivity contribution in [1.29, 1.82) is 0 Å². The minimum absolute atomic E-state index is 0.00750. The number of aliphatic imine (C=N–C) groups is 2. The number of aliphatic hydroxyl groups is 3. The Morgan fingerprint density at radius 1 is 1.14 bits per heavy atom. The van der Waals surface area contributed by atoms with Gasteiger partial charge in [-0.1, -0.05) is 27.7 Å². The van der Waals surface area contributed by atoms with Crippen LogP contribution in [0.25, 0.3) is 0 Å². The molecule has 7 nitrogen and oxygen atoms in total. The van der Waals surface area contributed by atoms with Crippen molar-refractivity contribution in [3.8, 4) is 0 Å². The predicted octanol–water partition coefficient (Wildman–Crippen LogP) is 1.27. The summed E-state index contributed by atoms with van der Waals surface area (Å²) in [5, 5.41) is 23.8. The van der Waals surface area contributed by atoms with Crippen LogP contribution in [0.1, 0.15) is 53.4 Å². The first-order valence-electron chi connectivity index (χ1n) is 7.25. The number of nitrogens with zero attached hydrogens (tertiary/aromatic N) is 2. The van der Waals surface area contributed by atoms with Crippen molar-refractivity contribution in [3.05, 3.63) is 0 Å². The van der Waals surface area contributed by atoms with E-state index in [-0.39, 0.29) is 23.3 Å². The molecule has 0 aliphatic heterocycles. The molecule has 1 aliphatic carbocycles. The highest BCUT2D eigenvalue weighted by molar-refractivity contribution is 5.34. The van der Waals surface area contributed by atoms with Gasteiger partial charge in [-0.25, -0.2) is 19.6 Å². The number of hydrogen-bond donors (Lipinski definition) is 3. The summed E-state index contributed by atoms with van der Waals surface area (Å²) < 4.78 is 0. The molecule has 1 saturated carbocycles. The molecule has 0 spiro atoms. The van der Waals surface area contributed by atoms with Gasteiger partial charge >= 0.3 is 0 Å². The van der Waals surface area contributed by atoms with Gasteiger partial charge in [0.25, 0.3) is 5.97 Å². The van der Waals surface area contributed by atoms with Crippen molar-refractivity contribution < 1.29 is 24.9 Å². The van der Waals surface area contributed by atoms with Crippen molar-refractivity contribution in [3.63, 3.8) is 0 Å². The third kappa shape index (κ3) is 8.82. The van der Waals surface area contributed by atoms with E-state index in [9.17, 15) is 9.59 Å². The fraction of sp³-hybridized carbons (Fsp3) is 0.867. The van der Waals surface area contributed by atoms with Crippen LogP contribution in [-0.2, 0) is 9.59 Å². The normalized spacial score (nSPS) is 26.8. The fourth-order valence-corrected chi connectivity index (χ4v) is 3.09. The van der Waals surface area contributed by atoms with Gasteiger partial charge in [0, 0.05) is 6.42 Å². The Kier molecular flexibility index (Phi) is 7.81. The quantitative estimate of drug-likeness (QED) is 0.410. The van der Waals surface area contributed by atoms with Crippen molar-refractivity contribution >= 4 is 12.2 Å². The van der Waals surface area contributed by atoms with Crippen molar-refractivity contribution in [2.45, 2.75) is 65.4 Å². The lowest BCUT2D eigenvalue weighted by Crippen LogP contribution is -2.39. The van der Waals surface area contributed by atoms with Gasteiger partial charge in [-0.3, -0.25) is 0 Å². The standard InChI is InChI=1S/C12H18N2O2.C3H8O3/c1-11(2)4-10(14-9-16)5-12(3,6-11)7-13-8-15;1-2-3(4,5)6/h10H,4-7H2,1-3H3;4-6H,2H2,1H3. The van der Waals surface area contributed by atoms with E-state index in [0.29, 0.717) is 6.54 Å². The van der Waals surface area contributed by atoms with Crippen LogP contribution >= 0.6 is 0 Å². The number of isocyanates is 2. The van der Waals surface area contributed by atoms with Gasteiger partial charge in [-0.2, -0.15) is 0 Å². The van der Waals surface area contributed by atoms with Gasteiger partial charge in [0.15, 0.2) is 0 Å². The van der Waals surface area contributed by atoms with E-state index in [0.717, 1.165) is 19.3 Å². The number of carbonyl (C=O) groups excluding carboxylic acids is 2. The highest BCUT2D eigenvalue weighted by Gasteiger charge is 2.41. The predicted molar refractivity (Wildman–Crippen MR) is 80.3 cm³/mol. The highest BCUT2D eigenvalue weighted by Crippen LogP contribution is 2.47. The SMILES string of the molecule is CC1(C)CC(N=C=O)CC(C)(CN=C=O)C1.CCC(O)(O)O. The highest BCUT2D eigenvalue weighted by atomic mass is 16.7. The third-order valence-corrected chi connectivity index (χ3v) is 3.66. The average molecular weight is 314 g/mol. The van der Waals surface area contributed by atoms with Crippen LogP contribution in [0.4, 0.5) is 0 Å². The lowest BCUT2D eigenvalue weighted by molar-refractivity contribution is -0.312. The Hall–Kier alpha value is -1.36. The molecular formula is C15H26N2O5. The molecule has 0 radical (unpaired) electrons. The van der Waals surface area contributed by atoms with Crippen LogP contribution in [-0.4, -0.2) is 46.0 Å². The zero-order valence-electron chi connectivity index (χ0n) is 13.7. The summed E-state index contributed by atoms with van der Waals surface area (Å²) >= 11 is 0. The topological polar surface area (TPSA) is 120 Å². The average Bonchev–Trinajstić information content (AvgIpc) is 2.34. The second kappa shape index (κ2) is 8.32. The summed E-state index contributed by atoms with van der Waals surface area (Å²) in [5.74, 6) is -2.46. The van der Waals surface area contributed by atoms with E-state index in [1.165, 1.54) is 6.92 Å². The van der Waals surface area contributed by atoms with Gasteiger partial charge in [0.2, 0.25) is 12.2 Å². The van der Waals surface area contributed by atoms with Crippen LogP contribution in [0.2, 0.25) is 0 Å². The molecule has 7 heteroatoms. The van der Waals surface area contributed by atoms with Crippen LogP contribution in [0, 0.1) is 10.8 Å². The number of rotatable bonds is 4. The maximum atomic E-state index is 10.3. The van der Waals surface area contributed by atoms with Gasteiger partial charge in [0.1, 0.15) is 0 Å². The molecular weight excluding hydrogens is 288 g/mol. The number of hydrogen-bond acceptors (Lipinski definition) is 7. The lowest BCUT2D eigenvalue weighted by Gasteiger charge is -2.44. The molecule has 0 aromatic carbocycles. The van der Waals surface area contributed by atoms with Crippen molar-refractivity contribution in [2.75, 3.05) is 6.54 Å². The summed E-state index contributed by atoms with van der Waals surface area (Å²) in [7, 11) is 0. The monoisotopic (exact) mass is 314 g/mol. The molecule has 0 bridgehead atoms. The van der Waals surface area contributed by atoms with E-state index in [1.807, 2.05) is 0 Å². The first-order chi connectivity index (χ1) is 9.97. The summed E-state index contributed by atoms with van der Waals surface area (Å²) in [6.07, 6.45) is 5.82. The third-order valence-electron chi connectivity index (χ3n) is 3.66. The second-order valence-electron chi connectivity index (χ2n) is 6.97. The molecule has 0 saturated heterocycles. The lowest BCUT2D eigenvalue weighted by atomic mass is 9.63. The van der Waals surface area contributed by atoms with Gasteiger partial charge < -0.3 is 15.3 Å². The van der Waals surface area contributed by atoms with Crippen LogP contribution in [0.5, 0.6) is 0 Å². The molecule has 2 atom stereocenters. The van der Waals surface area contributed by atoms with Gasteiger partial charge in [0.05, 0.1) is 12.6 Å². The Balaban J connectivity index is 0.000000626. The summed E-state index contributed by atoms with van der Waals surface area (Å²) in [4.78, 5) is 28.0. The zero-order valence-corrected chi connectivity index (χ0v) is 13.7. The van der Waals surface area contributed by atoms with E-state index < -0.39 is 5.97 Å². The van der Waals surface area contributed by atoms with E-state index in [2.05, 4.69) is 30.8 Å². The largest absolute Gasteiger partial charge is 0.344 e. The van der Waals surface area contributed by atoms with Crippen molar-refractivity contribution in [1.82, 2.24) is 0 Å². The maximum absolute atomic E-state index is 10.3. The molecule has 1 fully saturated rings. The van der Waals surface area contributed by atoms with Crippen molar-refractivity contribution in [2.24, 2.45) is 20.8 Å². The van der Waals surface area contributed by atoms with E-state index in [1.54, 1.807) is 12.2 Å². The minimum atomic E-state index is -2.46. The van der Waals surface area contributed by atoms with Gasteiger partial charge in [-0.15, -0.1) is 0 Å². The maximum Gasteiger partial charge on any atom is 0.274 e. The molecule has 1 aliphatic rings. The molecule has 1 rings (SSSR count). The molecule has 0 aromatic rings. The summed E-state index contributed by atoms with van der Waals surface area (Å²) in [5.41, 5.74) is 0.0561. The summed E-state index contributed by atoms with van der Waals surface area (Å²) in [6.45, 7) is 8.32. The molecule has 2 unspecified atom stereocenters. The molecule has 0 aromatic heterocycles. The molecule has 22 heavy (non-hydrogen) atoms. The first-order valence-corrected chi connectivity index (χ1v) is 7.25. The zero-order chi connectivity index (χ0) is 17.4. The Morgan fingerprint density at radius 2 is 1.68 bits per heavy atom. The molecule has 126 valence electrons. The Morgan fingerprint density at radius 3 is 2.09 bits per heavy atom. The molecule has 3 N–H and O–H groups in total. The van der Waals surface area contributed by atoms with Crippen LogP contribution in [0.15, 0.2) is 9.98 Å². The van der Waals surface area contributed by atoms with Crippen LogP contribution < -0.4 is 0 Å². The smallest absolute Gasteiger partial charge is 0.274 e. The summed E-state index contributed by atoms with van der Waals surface area (Å²) in [6, 6.07) is 0.00750. The Labute approximate surface area is 130 Å². The Bertz CT molecular complexity index is 445. The van der Waals surface area contributed by atoms with E-state index >= 15 is 0 Å². The second-order valence-corrected chi connectivity index (χ2v) is 6.97. The molecule has 0 amide bonds. The minimum Gasteiger partial charge on any atom is -0.344 e. The van der Waals surface area contributed by atoms with Crippen LogP contribution in [0.3, 0.4) is 0 Å². The van der Waals surface area contributed by atoms with E-state index in [4.69, 9.17) is 15.3 Å². The first kappa shape index (κ1) is 20.6. The van der Waals surface area contributed by atoms with Gasteiger partial charge in [-0.05, 0) is 30.1 Å². The molecule has 0 heterocycles.